The maximum Gasteiger partial charge on any atom is 0.0186 e. The van der Waals surface area contributed by atoms with E-state index < -0.39 is 0 Å². The predicted molar refractivity (Wildman–Crippen MR) is 78.1 cm³/mol. The molecule has 1 aromatic carbocycles. The molecule has 0 saturated heterocycles. The number of nitrogens with one attached hydrogen (secondary N) is 1. The van der Waals surface area contributed by atoms with Gasteiger partial charge in [-0.2, -0.15) is 0 Å². The van der Waals surface area contributed by atoms with Crippen LogP contribution in [0.4, 0.5) is 0 Å². The smallest absolute Gasteiger partial charge is 0.0186 e. The minimum atomic E-state index is 0.614. The minimum Gasteiger partial charge on any atom is -0.312 e. The monoisotopic (exact) mass is 246 g/mol. The summed E-state index contributed by atoms with van der Waals surface area (Å²) in [4.78, 5) is 2.27. The summed E-state index contributed by atoms with van der Waals surface area (Å²) in [6.45, 7) is 5.54. The van der Waals surface area contributed by atoms with Crippen LogP contribution in [0.1, 0.15) is 36.8 Å². The zero-order valence-corrected chi connectivity index (χ0v) is 12.1. The molecule has 1 atom stereocenters. The highest BCUT2D eigenvalue weighted by molar-refractivity contribution is 5.27. The van der Waals surface area contributed by atoms with Crippen molar-refractivity contribution in [3.63, 3.8) is 0 Å². The zero-order chi connectivity index (χ0) is 13.1. The summed E-state index contributed by atoms with van der Waals surface area (Å²) in [5.74, 6) is 0.775. The molecule has 1 aliphatic rings. The highest BCUT2D eigenvalue weighted by Gasteiger charge is 2.30. The Morgan fingerprint density at radius 2 is 2.06 bits per heavy atom. The van der Waals surface area contributed by atoms with Crippen molar-refractivity contribution in [3.05, 3.63) is 35.4 Å². The van der Waals surface area contributed by atoms with E-state index in [0.717, 1.165) is 18.5 Å². The normalized spacial score (nSPS) is 24.9. The van der Waals surface area contributed by atoms with Gasteiger partial charge in [-0.15, -0.1) is 0 Å². The van der Waals surface area contributed by atoms with Crippen LogP contribution in [0.3, 0.4) is 0 Å². The average molecular weight is 246 g/mol. The third-order valence-corrected chi connectivity index (χ3v) is 4.24. The molecule has 2 rings (SSSR count). The summed E-state index contributed by atoms with van der Waals surface area (Å²) in [6, 6.07) is 10.3. The number of benzene rings is 1. The van der Waals surface area contributed by atoms with Crippen LogP contribution in [0.25, 0.3) is 0 Å². The molecule has 1 N–H and O–H groups in total. The largest absolute Gasteiger partial charge is 0.312 e. The Labute approximate surface area is 111 Å². The second-order valence-electron chi connectivity index (χ2n) is 6.00. The Kier molecular flexibility index (Phi) is 4.41. The number of rotatable bonds is 5. The third kappa shape index (κ3) is 3.33. The van der Waals surface area contributed by atoms with Crippen LogP contribution in [0.15, 0.2) is 24.3 Å². The molecule has 0 amide bonds. The van der Waals surface area contributed by atoms with E-state index in [-0.39, 0.29) is 0 Å². The lowest BCUT2D eigenvalue weighted by Crippen LogP contribution is -2.45. The summed E-state index contributed by atoms with van der Waals surface area (Å²) < 4.78 is 0. The molecule has 1 aromatic rings. The molecule has 0 aliphatic heterocycles. The highest BCUT2D eigenvalue weighted by atomic mass is 15.1. The first kappa shape index (κ1) is 13.6. The van der Waals surface area contributed by atoms with Gasteiger partial charge in [0.05, 0.1) is 0 Å². The van der Waals surface area contributed by atoms with Gasteiger partial charge in [0.2, 0.25) is 0 Å². The van der Waals surface area contributed by atoms with Crippen LogP contribution in [-0.2, 0) is 0 Å². The molecule has 0 spiro atoms. The van der Waals surface area contributed by atoms with Crippen molar-refractivity contribution in [2.45, 2.75) is 44.7 Å². The summed E-state index contributed by atoms with van der Waals surface area (Å²) in [5.41, 5.74) is 2.90. The van der Waals surface area contributed by atoms with Crippen LogP contribution in [0, 0.1) is 6.92 Å². The Balaban J connectivity index is 1.74. The van der Waals surface area contributed by atoms with E-state index in [1.54, 1.807) is 0 Å². The van der Waals surface area contributed by atoms with Crippen molar-refractivity contribution in [2.75, 3.05) is 20.6 Å². The fraction of sp³-hybridized carbons (Fsp3) is 0.625. The molecular formula is C16H26N2. The van der Waals surface area contributed by atoms with Crippen molar-refractivity contribution in [3.8, 4) is 0 Å². The molecule has 1 fully saturated rings. The van der Waals surface area contributed by atoms with Gasteiger partial charge < -0.3 is 10.2 Å². The van der Waals surface area contributed by atoms with Crippen LogP contribution < -0.4 is 5.32 Å². The van der Waals surface area contributed by atoms with Gasteiger partial charge in [-0.1, -0.05) is 29.8 Å². The fourth-order valence-electron chi connectivity index (χ4n) is 2.50. The van der Waals surface area contributed by atoms with Crippen LogP contribution in [0.5, 0.6) is 0 Å². The molecule has 18 heavy (non-hydrogen) atoms. The predicted octanol–water partition coefficient (Wildman–Crippen LogP) is 2.78. The quantitative estimate of drug-likeness (QED) is 0.859. The lowest BCUT2D eigenvalue weighted by Gasteiger charge is -2.37. The molecular weight excluding hydrogens is 220 g/mol. The van der Waals surface area contributed by atoms with Crippen molar-refractivity contribution in [1.82, 2.24) is 10.2 Å². The Bertz CT molecular complexity index is 380. The lowest BCUT2D eigenvalue weighted by molar-refractivity contribution is 0.245. The lowest BCUT2D eigenvalue weighted by atomic mass is 9.75. The molecule has 1 unspecified atom stereocenters. The molecule has 1 saturated carbocycles. The molecule has 2 nitrogen and oxygen atoms in total. The summed E-state index contributed by atoms with van der Waals surface area (Å²) in [6.07, 6.45) is 2.59. The average Bonchev–Trinajstić information content (AvgIpc) is 2.26. The van der Waals surface area contributed by atoms with Crippen LogP contribution in [0.2, 0.25) is 0 Å². The van der Waals surface area contributed by atoms with Crippen molar-refractivity contribution >= 4 is 0 Å². The van der Waals surface area contributed by atoms with E-state index in [4.69, 9.17) is 0 Å². The Hall–Kier alpha value is -0.860. The Morgan fingerprint density at radius 1 is 1.33 bits per heavy atom. The molecule has 0 heterocycles. The minimum absolute atomic E-state index is 0.614. The second-order valence-corrected chi connectivity index (χ2v) is 6.00. The first-order chi connectivity index (χ1) is 8.56. The number of aryl methyl sites for hydroxylation is 1. The summed E-state index contributed by atoms with van der Waals surface area (Å²) >= 11 is 0. The van der Waals surface area contributed by atoms with E-state index >= 15 is 0 Å². The summed E-state index contributed by atoms with van der Waals surface area (Å²) in [5, 5.41) is 3.67. The standard InChI is InChI=1S/C16H26N2/c1-12-6-5-7-14(8-12)15-9-16(10-15)17-11-13(2)18(3)4/h5-8,13,15-17H,9-11H2,1-4H3. The molecule has 1 aliphatic carbocycles. The zero-order valence-electron chi connectivity index (χ0n) is 12.1. The van der Waals surface area contributed by atoms with Gasteiger partial charge in [-0.05, 0) is 52.3 Å². The topological polar surface area (TPSA) is 15.3 Å². The maximum atomic E-state index is 3.67. The number of hydrogen-bond donors (Lipinski definition) is 1. The van der Waals surface area contributed by atoms with E-state index in [1.807, 2.05) is 0 Å². The van der Waals surface area contributed by atoms with Gasteiger partial charge in [0.15, 0.2) is 0 Å². The van der Waals surface area contributed by atoms with E-state index in [1.165, 1.54) is 24.0 Å². The number of likely N-dealkylation sites (N-methyl/N-ethyl adjacent to an activating group) is 1. The number of nitrogens with zero attached hydrogens (tertiary/aromatic N) is 1. The van der Waals surface area contributed by atoms with E-state index in [2.05, 4.69) is 62.4 Å². The van der Waals surface area contributed by atoms with E-state index in [0.29, 0.717) is 6.04 Å². The number of hydrogen-bond acceptors (Lipinski definition) is 2. The summed E-state index contributed by atoms with van der Waals surface area (Å²) in [7, 11) is 4.28. The van der Waals surface area contributed by atoms with Gasteiger partial charge >= 0.3 is 0 Å². The van der Waals surface area contributed by atoms with Gasteiger partial charge in [-0.3, -0.25) is 0 Å². The maximum absolute atomic E-state index is 3.67. The van der Waals surface area contributed by atoms with Gasteiger partial charge in [-0.25, -0.2) is 0 Å². The molecule has 0 bridgehead atoms. The van der Waals surface area contributed by atoms with Gasteiger partial charge in [0, 0.05) is 18.6 Å². The van der Waals surface area contributed by atoms with Crippen molar-refractivity contribution in [1.29, 1.82) is 0 Å². The van der Waals surface area contributed by atoms with Crippen molar-refractivity contribution < 1.29 is 0 Å². The molecule has 0 radical (unpaired) electrons. The third-order valence-electron chi connectivity index (χ3n) is 4.24. The van der Waals surface area contributed by atoms with E-state index in [9.17, 15) is 0 Å². The fourth-order valence-corrected chi connectivity index (χ4v) is 2.50. The molecule has 2 heteroatoms. The SMILES string of the molecule is Cc1cccc(C2CC(NCC(C)N(C)C)C2)c1. The van der Waals surface area contributed by atoms with Gasteiger partial charge in [0.1, 0.15) is 0 Å². The van der Waals surface area contributed by atoms with Crippen LogP contribution in [-0.4, -0.2) is 37.6 Å². The first-order valence-electron chi connectivity index (χ1n) is 7.02. The van der Waals surface area contributed by atoms with Gasteiger partial charge in [0.25, 0.3) is 0 Å². The Morgan fingerprint density at radius 3 is 2.67 bits per heavy atom. The second kappa shape index (κ2) is 5.85. The molecule has 0 aromatic heterocycles. The highest BCUT2D eigenvalue weighted by Crippen LogP contribution is 2.36. The van der Waals surface area contributed by atoms with Crippen molar-refractivity contribution in [2.24, 2.45) is 0 Å². The molecule has 100 valence electrons. The van der Waals surface area contributed by atoms with Crippen LogP contribution >= 0.6 is 0 Å². The first-order valence-corrected chi connectivity index (χ1v) is 7.02.